The number of aliphatic hydroxyl groups is 1. The first-order valence-electron chi connectivity index (χ1n) is 9.18. The van der Waals surface area contributed by atoms with Gasteiger partial charge in [-0.1, -0.05) is 11.3 Å². The zero-order valence-corrected chi connectivity index (χ0v) is 15.8. The van der Waals surface area contributed by atoms with Crippen LogP contribution in [0.25, 0.3) is 16.5 Å². The van der Waals surface area contributed by atoms with E-state index in [2.05, 4.69) is 15.3 Å². The molecule has 28 heavy (non-hydrogen) atoms. The average Bonchev–Trinajstić information content (AvgIpc) is 3.28. The van der Waals surface area contributed by atoms with Gasteiger partial charge in [-0.05, 0) is 44.0 Å². The predicted molar refractivity (Wildman–Crippen MR) is 103 cm³/mol. The van der Waals surface area contributed by atoms with Gasteiger partial charge in [0.2, 0.25) is 5.91 Å². The topological polar surface area (TPSA) is 87.0 Å². The summed E-state index contributed by atoms with van der Waals surface area (Å²) in [6.45, 7) is 4.44. The molecule has 0 spiro atoms. The second kappa shape index (κ2) is 6.87. The second-order valence-corrected chi connectivity index (χ2v) is 7.57. The molecule has 0 fully saturated rings. The number of hydrogen-bond acceptors (Lipinski definition) is 4. The van der Waals surface area contributed by atoms with Crippen molar-refractivity contribution in [2.75, 3.05) is 13.1 Å². The second-order valence-electron chi connectivity index (χ2n) is 7.57. The highest BCUT2D eigenvalue weighted by molar-refractivity contribution is 5.93. The number of fused-ring (bicyclic) bond motifs is 1. The summed E-state index contributed by atoms with van der Waals surface area (Å²) in [6, 6.07) is 4.72. The van der Waals surface area contributed by atoms with E-state index in [4.69, 9.17) is 0 Å². The molecule has 0 saturated heterocycles. The molecule has 1 aromatic carbocycles. The summed E-state index contributed by atoms with van der Waals surface area (Å²) in [4.78, 5) is 17.4. The molecule has 0 atom stereocenters. The number of amides is 1. The highest BCUT2D eigenvalue weighted by Gasteiger charge is 2.23. The zero-order chi connectivity index (χ0) is 19.9. The molecule has 1 amide bonds. The van der Waals surface area contributed by atoms with Crippen LogP contribution in [0.5, 0.6) is 0 Å². The van der Waals surface area contributed by atoms with Crippen molar-refractivity contribution in [3.8, 4) is 0 Å². The van der Waals surface area contributed by atoms with E-state index < -0.39 is 5.60 Å². The fourth-order valence-electron chi connectivity index (χ4n) is 3.40. The van der Waals surface area contributed by atoms with E-state index in [9.17, 15) is 14.3 Å². The maximum atomic E-state index is 13.4. The summed E-state index contributed by atoms with van der Waals surface area (Å²) in [6.07, 6.45) is 6.24. The highest BCUT2D eigenvalue weighted by atomic mass is 19.1. The Morgan fingerprint density at radius 2 is 2.21 bits per heavy atom. The van der Waals surface area contributed by atoms with Gasteiger partial charge >= 0.3 is 0 Å². The van der Waals surface area contributed by atoms with Crippen molar-refractivity contribution in [2.24, 2.45) is 0 Å². The molecule has 0 unspecified atom stereocenters. The minimum Gasteiger partial charge on any atom is -0.384 e. The first-order valence-corrected chi connectivity index (χ1v) is 9.18. The minimum absolute atomic E-state index is 0.0523. The molecular weight excluding hydrogens is 361 g/mol. The van der Waals surface area contributed by atoms with Crippen molar-refractivity contribution >= 4 is 22.4 Å². The lowest BCUT2D eigenvalue weighted by Gasteiger charge is -2.26. The third-order valence-electron chi connectivity index (χ3n) is 5.01. The van der Waals surface area contributed by atoms with Crippen molar-refractivity contribution < 1.29 is 14.3 Å². The summed E-state index contributed by atoms with van der Waals surface area (Å²) in [7, 11) is 0. The smallest absolute Gasteiger partial charge is 0.244 e. The van der Waals surface area contributed by atoms with E-state index in [1.807, 2.05) is 12.3 Å². The molecule has 0 bridgehead atoms. The van der Waals surface area contributed by atoms with Crippen molar-refractivity contribution in [2.45, 2.75) is 32.4 Å². The monoisotopic (exact) mass is 383 g/mol. The third kappa shape index (κ3) is 3.55. The molecule has 8 heteroatoms. The van der Waals surface area contributed by atoms with Crippen LogP contribution in [0.3, 0.4) is 0 Å². The largest absolute Gasteiger partial charge is 0.384 e. The fraction of sp³-hybridized carbons (Fsp3) is 0.350. The number of aromatic amines is 1. The van der Waals surface area contributed by atoms with Crippen LogP contribution in [0.15, 0.2) is 36.7 Å². The van der Waals surface area contributed by atoms with Gasteiger partial charge in [-0.25, -0.2) is 9.07 Å². The Hall–Kier alpha value is -3.00. The van der Waals surface area contributed by atoms with Gasteiger partial charge in [0.05, 0.1) is 6.20 Å². The number of H-pyrrole nitrogens is 1. The molecule has 2 N–H and O–H groups in total. The van der Waals surface area contributed by atoms with Crippen LogP contribution in [0.2, 0.25) is 0 Å². The molecular formula is C20H22FN5O2. The Labute approximate surface area is 161 Å². The molecule has 146 valence electrons. The van der Waals surface area contributed by atoms with Gasteiger partial charge in [-0.15, -0.1) is 5.10 Å². The number of nitrogens with zero attached hydrogens (tertiary/aromatic N) is 4. The maximum absolute atomic E-state index is 13.4. The van der Waals surface area contributed by atoms with Gasteiger partial charge in [0.15, 0.2) is 0 Å². The Kier molecular flexibility index (Phi) is 4.50. The number of carbonyl (C=O) groups excluding carboxylic acids is 1. The molecule has 1 aliphatic heterocycles. The molecule has 7 nitrogen and oxygen atoms in total. The molecule has 1 aliphatic rings. The van der Waals surface area contributed by atoms with E-state index in [1.165, 1.54) is 16.8 Å². The summed E-state index contributed by atoms with van der Waals surface area (Å²) in [5.41, 5.74) is 2.30. The van der Waals surface area contributed by atoms with E-state index in [0.717, 1.165) is 28.5 Å². The Balaban J connectivity index is 1.44. The van der Waals surface area contributed by atoms with Gasteiger partial charge in [-0.2, -0.15) is 0 Å². The molecule has 0 radical (unpaired) electrons. The molecule has 2 aromatic heterocycles. The SMILES string of the molecule is CC(C)(O)c1cn(CC(=O)N2CC=C(c3c[nH]c4cc(F)ccc34)CC2)nn1. The van der Waals surface area contributed by atoms with E-state index in [1.54, 1.807) is 31.0 Å². The van der Waals surface area contributed by atoms with Crippen LogP contribution in [-0.4, -0.2) is 49.0 Å². The number of carbonyl (C=O) groups is 1. The van der Waals surface area contributed by atoms with Gasteiger partial charge in [-0.3, -0.25) is 4.79 Å². The Morgan fingerprint density at radius 3 is 2.89 bits per heavy atom. The maximum Gasteiger partial charge on any atom is 0.244 e. The van der Waals surface area contributed by atoms with Crippen LogP contribution in [-0.2, 0) is 16.9 Å². The quantitative estimate of drug-likeness (QED) is 0.724. The molecule has 4 rings (SSSR count). The van der Waals surface area contributed by atoms with Crippen LogP contribution in [0, 0.1) is 5.82 Å². The lowest BCUT2D eigenvalue weighted by Crippen LogP contribution is -2.37. The van der Waals surface area contributed by atoms with Crippen LogP contribution in [0.4, 0.5) is 4.39 Å². The lowest BCUT2D eigenvalue weighted by molar-refractivity contribution is -0.131. The number of benzene rings is 1. The van der Waals surface area contributed by atoms with Crippen molar-refractivity contribution in [1.29, 1.82) is 0 Å². The van der Waals surface area contributed by atoms with Crippen LogP contribution < -0.4 is 0 Å². The number of halogens is 1. The molecule has 3 heterocycles. The number of rotatable bonds is 4. The average molecular weight is 383 g/mol. The molecule has 0 aliphatic carbocycles. The predicted octanol–water partition coefficient (Wildman–Crippen LogP) is 2.44. The lowest BCUT2D eigenvalue weighted by atomic mass is 9.99. The number of nitrogens with one attached hydrogen (secondary N) is 1. The summed E-state index contributed by atoms with van der Waals surface area (Å²) in [5, 5.41) is 18.8. The first-order chi connectivity index (χ1) is 13.3. The Morgan fingerprint density at radius 1 is 1.39 bits per heavy atom. The normalized spacial score (nSPS) is 15.1. The number of aromatic nitrogens is 4. The van der Waals surface area contributed by atoms with E-state index in [0.29, 0.717) is 18.8 Å². The first kappa shape index (κ1) is 18.4. The van der Waals surface area contributed by atoms with Crippen LogP contribution in [0.1, 0.15) is 31.5 Å². The standard InChI is InChI=1S/C20H22FN5O2/c1-20(2,28)18-11-26(24-23-18)12-19(27)25-7-5-13(6-8-25)16-10-22-17-9-14(21)3-4-15(16)17/h3-5,9-11,22,28H,6-8,12H2,1-2H3. The van der Waals surface area contributed by atoms with E-state index >= 15 is 0 Å². The van der Waals surface area contributed by atoms with Gasteiger partial charge in [0.1, 0.15) is 23.7 Å². The van der Waals surface area contributed by atoms with Gasteiger partial charge in [0, 0.05) is 35.8 Å². The van der Waals surface area contributed by atoms with Crippen LogP contribution >= 0.6 is 0 Å². The van der Waals surface area contributed by atoms with Gasteiger partial charge in [0.25, 0.3) is 0 Å². The van der Waals surface area contributed by atoms with Gasteiger partial charge < -0.3 is 15.0 Å². The Bertz CT molecular complexity index is 1060. The fourth-order valence-corrected chi connectivity index (χ4v) is 3.40. The summed E-state index contributed by atoms with van der Waals surface area (Å²) >= 11 is 0. The number of hydrogen-bond donors (Lipinski definition) is 2. The summed E-state index contributed by atoms with van der Waals surface area (Å²) < 4.78 is 14.8. The third-order valence-corrected chi connectivity index (χ3v) is 5.01. The zero-order valence-electron chi connectivity index (χ0n) is 15.8. The van der Waals surface area contributed by atoms with E-state index in [-0.39, 0.29) is 18.3 Å². The molecule has 0 saturated carbocycles. The van der Waals surface area contributed by atoms with Crippen molar-refractivity contribution in [3.05, 3.63) is 53.7 Å². The summed E-state index contributed by atoms with van der Waals surface area (Å²) in [5.74, 6) is -0.320. The van der Waals surface area contributed by atoms with Crippen molar-refractivity contribution in [1.82, 2.24) is 24.9 Å². The molecule has 3 aromatic rings. The van der Waals surface area contributed by atoms with Crippen molar-refractivity contribution in [3.63, 3.8) is 0 Å². The highest BCUT2D eigenvalue weighted by Crippen LogP contribution is 2.29. The minimum atomic E-state index is -1.09.